The molecule has 0 aliphatic heterocycles. The molecule has 0 saturated heterocycles. The maximum Gasteiger partial charge on any atom is 0.416 e. The molecule has 2 rings (SSSR count). The van der Waals surface area contributed by atoms with Gasteiger partial charge in [-0.3, -0.25) is 0 Å². The van der Waals surface area contributed by atoms with E-state index in [4.69, 9.17) is 0 Å². The van der Waals surface area contributed by atoms with Crippen LogP contribution in [0.2, 0.25) is 0 Å². The molecule has 2 aromatic carbocycles. The zero-order valence-electron chi connectivity index (χ0n) is 12.9. The normalized spacial score (nSPS) is 11.6. The predicted octanol–water partition coefficient (Wildman–Crippen LogP) is 5.41. The molecular formula is C17H15F4NO2. The number of carbonyl (C=O) groups is 1. The second-order valence-corrected chi connectivity index (χ2v) is 5.57. The molecule has 24 heavy (non-hydrogen) atoms. The van der Waals surface area contributed by atoms with Crippen LogP contribution in [0.25, 0.3) is 0 Å². The molecule has 0 bridgehead atoms. The van der Waals surface area contributed by atoms with E-state index < -0.39 is 29.1 Å². The topological polar surface area (TPSA) is 49.3 Å². The summed E-state index contributed by atoms with van der Waals surface area (Å²) in [5, 5.41) is 12.0. The van der Waals surface area contributed by atoms with Gasteiger partial charge in [-0.05, 0) is 47.9 Å². The molecule has 0 amide bonds. The Balaban J connectivity index is 2.49. The summed E-state index contributed by atoms with van der Waals surface area (Å²) in [7, 11) is 0. The number of carboxylic acids is 1. The minimum absolute atomic E-state index is 0.00371. The lowest BCUT2D eigenvalue weighted by molar-refractivity contribution is -0.137. The van der Waals surface area contributed by atoms with E-state index in [-0.39, 0.29) is 11.6 Å². The molecule has 7 heteroatoms. The van der Waals surface area contributed by atoms with Crippen LogP contribution in [-0.2, 0) is 6.18 Å². The largest absolute Gasteiger partial charge is 0.478 e. The van der Waals surface area contributed by atoms with E-state index >= 15 is 0 Å². The molecule has 0 heterocycles. The summed E-state index contributed by atoms with van der Waals surface area (Å²) >= 11 is 0. The van der Waals surface area contributed by atoms with Gasteiger partial charge in [-0.1, -0.05) is 13.8 Å². The van der Waals surface area contributed by atoms with Gasteiger partial charge >= 0.3 is 12.1 Å². The van der Waals surface area contributed by atoms with E-state index in [1.807, 2.05) is 13.8 Å². The van der Waals surface area contributed by atoms with Gasteiger partial charge in [0.05, 0.1) is 16.8 Å². The Morgan fingerprint density at radius 3 is 2.25 bits per heavy atom. The highest BCUT2D eigenvalue weighted by Gasteiger charge is 2.31. The highest BCUT2D eigenvalue weighted by atomic mass is 19.4. The minimum atomic E-state index is -4.64. The first-order valence-corrected chi connectivity index (χ1v) is 7.10. The van der Waals surface area contributed by atoms with Crippen molar-refractivity contribution < 1.29 is 27.5 Å². The van der Waals surface area contributed by atoms with Gasteiger partial charge < -0.3 is 10.4 Å². The maximum atomic E-state index is 13.4. The van der Waals surface area contributed by atoms with Crippen molar-refractivity contribution in [2.75, 3.05) is 5.32 Å². The van der Waals surface area contributed by atoms with E-state index in [9.17, 15) is 27.5 Å². The fourth-order valence-corrected chi connectivity index (χ4v) is 2.28. The van der Waals surface area contributed by atoms with Crippen molar-refractivity contribution in [1.29, 1.82) is 0 Å². The van der Waals surface area contributed by atoms with Crippen molar-refractivity contribution in [3.63, 3.8) is 0 Å². The van der Waals surface area contributed by atoms with Gasteiger partial charge in [0.1, 0.15) is 5.82 Å². The maximum absolute atomic E-state index is 13.4. The highest BCUT2D eigenvalue weighted by Crippen LogP contribution is 2.34. The first-order valence-electron chi connectivity index (χ1n) is 7.10. The minimum Gasteiger partial charge on any atom is -0.478 e. The highest BCUT2D eigenvalue weighted by molar-refractivity contribution is 5.95. The van der Waals surface area contributed by atoms with Gasteiger partial charge in [0, 0.05) is 5.69 Å². The van der Waals surface area contributed by atoms with Gasteiger partial charge in [-0.2, -0.15) is 13.2 Å². The van der Waals surface area contributed by atoms with Crippen molar-refractivity contribution in [2.24, 2.45) is 0 Å². The van der Waals surface area contributed by atoms with Gasteiger partial charge in [-0.15, -0.1) is 0 Å². The number of halogens is 4. The van der Waals surface area contributed by atoms with Crippen LogP contribution in [0.4, 0.5) is 28.9 Å². The van der Waals surface area contributed by atoms with E-state index in [0.717, 1.165) is 12.1 Å². The van der Waals surface area contributed by atoms with Crippen LogP contribution >= 0.6 is 0 Å². The molecular weight excluding hydrogens is 326 g/mol. The number of rotatable bonds is 4. The third-order valence-electron chi connectivity index (χ3n) is 3.48. The van der Waals surface area contributed by atoms with Gasteiger partial charge in [0.2, 0.25) is 0 Å². The van der Waals surface area contributed by atoms with Crippen molar-refractivity contribution in [3.05, 3.63) is 58.9 Å². The molecule has 0 unspecified atom stereocenters. The first kappa shape index (κ1) is 17.8. The smallest absolute Gasteiger partial charge is 0.416 e. The molecule has 0 fully saturated rings. The van der Waals surface area contributed by atoms with Gasteiger partial charge in [0.25, 0.3) is 0 Å². The lowest BCUT2D eigenvalue weighted by atomic mass is 10.00. The summed E-state index contributed by atoms with van der Waals surface area (Å²) in [6.07, 6.45) is -4.64. The molecule has 128 valence electrons. The molecule has 3 nitrogen and oxygen atoms in total. The Kier molecular flexibility index (Phi) is 4.82. The van der Waals surface area contributed by atoms with Crippen LogP contribution in [0.3, 0.4) is 0 Å². The molecule has 0 spiro atoms. The summed E-state index contributed by atoms with van der Waals surface area (Å²) in [6.45, 7) is 3.65. The van der Waals surface area contributed by atoms with Crippen molar-refractivity contribution in [2.45, 2.75) is 25.9 Å². The first-order chi connectivity index (χ1) is 11.1. The fraction of sp³-hybridized carbons (Fsp3) is 0.235. The summed E-state index contributed by atoms with van der Waals surface area (Å²) in [5.41, 5.74) is -0.526. The number of alkyl halides is 3. The SMILES string of the molecule is CC(C)c1cc(F)ccc1Nc1ccc(C(F)(F)F)cc1C(=O)O. The summed E-state index contributed by atoms with van der Waals surface area (Å²) in [6, 6.07) is 6.35. The van der Waals surface area contributed by atoms with Crippen LogP contribution in [0.5, 0.6) is 0 Å². The second kappa shape index (κ2) is 6.51. The van der Waals surface area contributed by atoms with E-state index in [1.54, 1.807) is 0 Å². The van der Waals surface area contributed by atoms with Crippen LogP contribution in [0.15, 0.2) is 36.4 Å². The van der Waals surface area contributed by atoms with Crippen molar-refractivity contribution in [1.82, 2.24) is 0 Å². The van der Waals surface area contributed by atoms with Gasteiger partial charge in [-0.25, -0.2) is 9.18 Å². The van der Waals surface area contributed by atoms with Crippen molar-refractivity contribution in [3.8, 4) is 0 Å². The molecule has 2 aromatic rings. The Labute approximate surface area is 135 Å². The number of nitrogens with one attached hydrogen (secondary N) is 1. The predicted molar refractivity (Wildman–Crippen MR) is 82.2 cm³/mol. The third-order valence-corrected chi connectivity index (χ3v) is 3.48. The lowest BCUT2D eigenvalue weighted by Crippen LogP contribution is -2.10. The molecule has 0 aromatic heterocycles. The number of carboxylic acid groups (broad SMARTS) is 1. The van der Waals surface area contributed by atoms with E-state index in [1.165, 1.54) is 18.2 Å². The van der Waals surface area contributed by atoms with E-state index in [2.05, 4.69) is 5.32 Å². The standard InChI is InChI=1S/C17H15F4NO2/c1-9(2)12-8-11(18)4-6-14(12)22-15-5-3-10(17(19,20)21)7-13(15)16(23)24/h3-9,22H,1-2H3,(H,23,24). The average molecular weight is 341 g/mol. The van der Waals surface area contributed by atoms with Crippen LogP contribution < -0.4 is 5.32 Å². The molecule has 0 saturated carbocycles. The lowest BCUT2D eigenvalue weighted by Gasteiger charge is -2.17. The third kappa shape index (κ3) is 3.84. The zero-order valence-corrected chi connectivity index (χ0v) is 12.9. The molecule has 0 atom stereocenters. The second-order valence-electron chi connectivity index (χ2n) is 5.57. The Bertz CT molecular complexity index is 770. The molecule has 0 aliphatic carbocycles. The summed E-state index contributed by atoms with van der Waals surface area (Å²) in [5.74, 6) is -2.00. The quantitative estimate of drug-likeness (QED) is 0.731. The number of hydrogen-bond donors (Lipinski definition) is 2. The zero-order chi connectivity index (χ0) is 18.1. The number of aromatic carboxylic acids is 1. The van der Waals surface area contributed by atoms with Crippen LogP contribution in [-0.4, -0.2) is 11.1 Å². The molecule has 0 radical (unpaired) electrons. The summed E-state index contributed by atoms with van der Waals surface area (Å²) < 4.78 is 51.6. The average Bonchev–Trinajstić information content (AvgIpc) is 2.47. The fourth-order valence-electron chi connectivity index (χ4n) is 2.28. The Morgan fingerprint density at radius 2 is 1.71 bits per heavy atom. The van der Waals surface area contributed by atoms with E-state index in [0.29, 0.717) is 17.3 Å². The Hall–Kier alpha value is -2.57. The summed E-state index contributed by atoms with van der Waals surface area (Å²) in [4.78, 5) is 11.3. The van der Waals surface area contributed by atoms with Crippen LogP contribution in [0.1, 0.15) is 41.3 Å². The number of hydrogen-bond acceptors (Lipinski definition) is 2. The molecule has 0 aliphatic rings. The number of benzene rings is 2. The van der Waals surface area contributed by atoms with Crippen molar-refractivity contribution >= 4 is 17.3 Å². The number of anilines is 2. The van der Waals surface area contributed by atoms with Crippen LogP contribution in [0, 0.1) is 5.82 Å². The molecule has 2 N–H and O–H groups in total. The Morgan fingerprint density at radius 1 is 1.08 bits per heavy atom. The van der Waals surface area contributed by atoms with Gasteiger partial charge in [0.15, 0.2) is 0 Å². The monoisotopic (exact) mass is 341 g/mol.